The highest BCUT2D eigenvalue weighted by Gasteiger charge is 2.17. The molecule has 3 N–H and O–H groups in total. The number of furan rings is 1. The van der Waals surface area contributed by atoms with Crippen LogP contribution in [0.4, 0.5) is 0 Å². The molecule has 0 bridgehead atoms. The van der Waals surface area contributed by atoms with Gasteiger partial charge in [-0.1, -0.05) is 6.92 Å². The van der Waals surface area contributed by atoms with Crippen molar-refractivity contribution in [3.05, 3.63) is 5.76 Å². The maximum Gasteiger partial charge on any atom is 0.330 e. The zero-order valence-corrected chi connectivity index (χ0v) is 6.16. The maximum atomic E-state index is 9.05. The SMILES string of the molecule is CCCc1oc(O)c(O)c1O. The first-order valence-electron chi connectivity index (χ1n) is 3.39. The first-order chi connectivity index (χ1) is 5.16. The Morgan fingerprint density at radius 3 is 2.18 bits per heavy atom. The molecule has 4 nitrogen and oxygen atoms in total. The van der Waals surface area contributed by atoms with E-state index < -0.39 is 11.7 Å². The Bertz CT molecular complexity index is 251. The van der Waals surface area contributed by atoms with Crippen LogP contribution in [0.15, 0.2) is 4.42 Å². The van der Waals surface area contributed by atoms with Gasteiger partial charge in [0.1, 0.15) is 0 Å². The third kappa shape index (κ3) is 1.24. The van der Waals surface area contributed by atoms with Gasteiger partial charge in [0.2, 0.25) is 11.5 Å². The third-order valence-corrected chi connectivity index (χ3v) is 1.39. The van der Waals surface area contributed by atoms with Gasteiger partial charge in [0, 0.05) is 6.42 Å². The highest BCUT2D eigenvalue weighted by atomic mass is 16.5. The second-order valence-corrected chi connectivity index (χ2v) is 2.28. The van der Waals surface area contributed by atoms with Crippen molar-refractivity contribution in [1.82, 2.24) is 0 Å². The molecule has 0 fully saturated rings. The van der Waals surface area contributed by atoms with Gasteiger partial charge in [0.25, 0.3) is 0 Å². The molecule has 62 valence electrons. The van der Waals surface area contributed by atoms with Crippen LogP contribution in [0.2, 0.25) is 0 Å². The van der Waals surface area contributed by atoms with Crippen molar-refractivity contribution in [1.29, 1.82) is 0 Å². The lowest BCUT2D eigenvalue weighted by molar-refractivity contribution is 0.296. The van der Waals surface area contributed by atoms with Crippen molar-refractivity contribution in [3.8, 4) is 17.4 Å². The van der Waals surface area contributed by atoms with Gasteiger partial charge in [0.15, 0.2) is 5.76 Å². The summed E-state index contributed by atoms with van der Waals surface area (Å²) in [5, 5.41) is 26.7. The van der Waals surface area contributed by atoms with E-state index in [4.69, 9.17) is 15.3 Å². The van der Waals surface area contributed by atoms with E-state index in [1.54, 1.807) is 0 Å². The molecule has 0 aliphatic carbocycles. The molecule has 1 aromatic rings. The molecule has 1 aromatic heterocycles. The van der Waals surface area contributed by atoms with Gasteiger partial charge < -0.3 is 19.7 Å². The Labute approximate surface area is 63.7 Å². The van der Waals surface area contributed by atoms with E-state index in [2.05, 4.69) is 4.42 Å². The van der Waals surface area contributed by atoms with Crippen molar-refractivity contribution in [2.45, 2.75) is 19.8 Å². The van der Waals surface area contributed by atoms with Crippen LogP contribution in [0.3, 0.4) is 0 Å². The third-order valence-electron chi connectivity index (χ3n) is 1.39. The zero-order valence-electron chi connectivity index (χ0n) is 6.16. The summed E-state index contributed by atoms with van der Waals surface area (Å²) < 4.78 is 4.64. The number of aryl methyl sites for hydroxylation is 1. The Kier molecular flexibility index (Phi) is 1.94. The Hall–Kier alpha value is -1.32. The second-order valence-electron chi connectivity index (χ2n) is 2.28. The first-order valence-corrected chi connectivity index (χ1v) is 3.39. The van der Waals surface area contributed by atoms with E-state index in [1.807, 2.05) is 6.92 Å². The van der Waals surface area contributed by atoms with Gasteiger partial charge in [-0.15, -0.1) is 0 Å². The fraction of sp³-hybridized carbons (Fsp3) is 0.429. The fourth-order valence-corrected chi connectivity index (χ4v) is 0.843. The van der Waals surface area contributed by atoms with Crippen molar-refractivity contribution in [2.24, 2.45) is 0 Å². The molecular formula is C7H10O4. The van der Waals surface area contributed by atoms with Crippen molar-refractivity contribution in [2.75, 3.05) is 0 Å². The highest BCUT2D eigenvalue weighted by molar-refractivity contribution is 5.46. The van der Waals surface area contributed by atoms with Gasteiger partial charge in [-0.25, -0.2) is 0 Å². The molecule has 0 aromatic carbocycles. The van der Waals surface area contributed by atoms with E-state index in [0.717, 1.165) is 6.42 Å². The molecule has 11 heavy (non-hydrogen) atoms. The van der Waals surface area contributed by atoms with Crippen LogP contribution in [0.25, 0.3) is 0 Å². The lowest BCUT2D eigenvalue weighted by Gasteiger charge is -1.90. The highest BCUT2D eigenvalue weighted by Crippen LogP contribution is 2.40. The summed E-state index contributed by atoms with van der Waals surface area (Å²) in [7, 11) is 0. The van der Waals surface area contributed by atoms with Crippen LogP contribution in [0, 0.1) is 0 Å². The minimum Gasteiger partial charge on any atom is -0.502 e. The fourth-order valence-electron chi connectivity index (χ4n) is 0.843. The molecule has 0 unspecified atom stereocenters. The zero-order chi connectivity index (χ0) is 8.43. The number of rotatable bonds is 2. The summed E-state index contributed by atoms with van der Waals surface area (Å²) in [6, 6.07) is 0. The summed E-state index contributed by atoms with van der Waals surface area (Å²) in [4.78, 5) is 0. The Morgan fingerprint density at radius 2 is 1.82 bits per heavy atom. The molecule has 0 radical (unpaired) electrons. The molecule has 0 saturated carbocycles. The van der Waals surface area contributed by atoms with Gasteiger partial charge in [-0.3, -0.25) is 0 Å². The van der Waals surface area contributed by atoms with Crippen molar-refractivity contribution in [3.63, 3.8) is 0 Å². The predicted molar refractivity (Wildman–Crippen MR) is 37.7 cm³/mol. The normalized spacial score (nSPS) is 10.3. The monoisotopic (exact) mass is 158 g/mol. The van der Waals surface area contributed by atoms with E-state index in [-0.39, 0.29) is 11.5 Å². The smallest absolute Gasteiger partial charge is 0.330 e. The van der Waals surface area contributed by atoms with Gasteiger partial charge in [-0.05, 0) is 6.42 Å². The predicted octanol–water partition coefficient (Wildman–Crippen LogP) is 1.35. The summed E-state index contributed by atoms with van der Waals surface area (Å²) in [6.45, 7) is 1.90. The number of hydrogen-bond donors (Lipinski definition) is 3. The summed E-state index contributed by atoms with van der Waals surface area (Å²) in [5.74, 6) is -1.33. The van der Waals surface area contributed by atoms with E-state index in [0.29, 0.717) is 6.42 Å². The van der Waals surface area contributed by atoms with Crippen LogP contribution in [0.1, 0.15) is 19.1 Å². The minimum atomic E-state index is -0.619. The van der Waals surface area contributed by atoms with Crippen molar-refractivity contribution >= 4 is 0 Å². The van der Waals surface area contributed by atoms with E-state index in [1.165, 1.54) is 0 Å². The molecule has 0 atom stereocenters. The average Bonchev–Trinajstić information content (AvgIpc) is 2.19. The van der Waals surface area contributed by atoms with Gasteiger partial charge in [0.05, 0.1) is 0 Å². The van der Waals surface area contributed by atoms with Crippen LogP contribution < -0.4 is 0 Å². The first kappa shape index (κ1) is 7.78. The standard InChI is InChI=1S/C7H10O4/c1-2-3-4-5(8)6(9)7(10)11-4/h8-10H,2-3H2,1H3. The molecule has 0 saturated heterocycles. The molecule has 0 aliphatic rings. The Balaban J connectivity index is 2.98. The van der Waals surface area contributed by atoms with E-state index in [9.17, 15) is 0 Å². The van der Waals surface area contributed by atoms with Crippen molar-refractivity contribution < 1.29 is 19.7 Å². The van der Waals surface area contributed by atoms with Crippen LogP contribution >= 0.6 is 0 Å². The van der Waals surface area contributed by atoms with Crippen LogP contribution in [-0.4, -0.2) is 15.3 Å². The number of hydrogen-bond acceptors (Lipinski definition) is 4. The topological polar surface area (TPSA) is 73.8 Å². The molecule has 1 rings (SSSR count). The lowest BCUT2D eigenvalue weighted by atomic mass is 10.2. The largest absolute Gasteiger partial charge is 0.502 e. The summed E-state index contributed by atoms with van der Waals surface area (Å²) in [5.41, 5.74) is 0. The molecule has 0 aliphatic heterocycles. The second kappa shape index (κ2) is 2.74. The minimum absolute atomic E-state index is 0.225. The van der Waals surface area contributed by atoms with E-state index >= 15 is 0 Å². The molecule has 4 heteroatoms. The van der Waals surface area contributed by atoms with Gasteiger partial charge in [-0.2, -0.15) is 0 Å². The Morgan fingerprint density at radius 1 is 1.18 bits per heavy atom. The van der Waals surface area contributed by atoms with Crippen LogP contribution in [0.5, 0.6) is 17.4 Å². The average molecular weight is 158 g/mol. The molecule has 1 heterocycles. The molecular weight excluding hydrogens is 148 g/mol. The summed E-state index contributed by atoms with van der Waals surface area (Å²) in [6.07, 6.45) is 1.28. The lowest BCUT2D eigenvalue weighted by Crippen LogP contribution is -1.77. The molecule has 0 spiro atoms. The quantitative estimate of drug-likeness (QED) is 0.607. The van der Waals surface area contributed by atoms with Gasteiger partial charge >= 0.3 is 5.95 Å². The number of aromatic hydroxyl groups is 3. The van der Waals surface area contributed by atoms with Crippen LogP contribution in [-0.2, 0) is 6.42 Å². The maximum absolute atomic E-state index is 9.05. The molecule has 0 amide bonds. The summed E-state index contributed by atoms with van der Waals surface area (Å²) >= 11 is 0.